The Bertz CT molecular complexity index is 334. The number of thioether (sulfide) groups is 1. The number of hydrogen-bond acceptors (Lipinski definition) is 4. The molecule has 0 bridgehead atoms. The van der Waals surface area contributed by atoms with Crippen LogP contribution in [0.1, 0.15) is 31.3 Å². The third kappa shape index (κ3) is 8.23. The van der Waals surface area contributed by atoms with Gasteiger partial charge in [0.1, 0.15) is 11.5 Å². The van der Waals surface area contributed by atoms with Gasteiger partial charge in [0.05, 0.1) is 18.9 Å². The Labute approximate surface area is 117 Å². The average molecular weight is 293 g/mol. The summed E-state index contributed by atoms with van der Waals surface area (Å²) in [6, 6.07) is 3.55. The van der Waals surface area contributed by atoms with E-state index in [0.29, 0.717) is 30.7 Å². The van der Waals surface area contributed by atoms with Gasteiger partial charge in [0.15, 0.2) is 0 Å². The Morgan fingerprint density at radius 3 is 2.84 bits per heavy atom. The molecule has 0 aliphatic heterocycles. The number of ether oxygens (including phenoxy) is 1. The van der Waals surface area contributed by atoms with Gasteiger partial charge < -0.3 is 14.5 Å². The highest BCUT2D eigenvalue weighted by Crippen LogP contribution is 2.21. The van der Waals surface area contributed by atoms with E-state index in [0.717, 1.165) is 31.8 Å². The lowest BCUT2D eigenvalue weighted by Gasteiger charge is -2.04. The summed E-state index contributed by atoms with van der Waals surface area (Å²) in [5.74, 6) is -0.802. The predicted octanol–water partition coefficient (Wildman–Crippen LogP) is 3.64. The van der Waals surface area contributed by atoms with Gasteiger partial charge in [-0.25, -0.2) is 0 Å². The highest BCUT2D eigenvalue weighted by Gasteiger charge is 2.06. The van der Waals surface area contributed by atoms with Crippen molar-refractivity contribution in [2.45, 2.75) is 37.8 Å². The van der Waals surface area contributed by atoms with Crippen molar-refractivity contribution in [3.8, 4) is 0 Å². The van der Waals surface area contributed by atoms with Gasteiger partial charge in [0.2, 0.25) is 0 Å². The zero-order chi connectivity index (χ0) is 13.9. The highest BCUT2D eigenvalue weighted by atomic mass is 32.2. The molecule has 1 aromatic heterocycles. The molecule has 1 aromatic rings. The minimum atomic E-state index is -2.35. The van der Waals surface area contributed by atoms with Gasteiger partial charge in [-0.15, -0.1) is 0 Å². The third-order valence-corrected chi connectivity index (χ3v) is 3.14. The number of unbranched alkanes of at least 4 members (excludes halogenated alkanes) is 1. The maximum Gasteiger partial charge on any atom is 0.284 e. The Morgan fingerprint density at radius 1 is 1.32 bits per heavy atom. The molecular weight excluding hydrogens is 272 g/mol. The van der Waals surface area contributed by atoms with Gasteiger partial charge in [-0.1, -0.05) is 25.1 Å². The summed E-state index contributed by atoms with van der Waals surface area (Å²) < 4.78 is 34.8. The topological polar surface area (TPSA) is 34.4 Å². The SMILES string of the molecule is CCCCOCCNCc1ccc(CSC(F)F)o1. The summed E-state index contributed by atoms with van der Waals surface area (Å²) in [7, 11) is 0. The normalized spacial score (nSPS) is 11.4. The molecule has 0 aliphatic rings. The molecule has 6 heteroatoms. The molecule has 0 spiro atoms. The fourth-order valence-electron chi connectivity index (χ4n) is 1.44. The maximum absolute atomic E-state index is 12.0. The molecule has 0 aromatic carbocycles. The van der Waals surface area contributed by atoms with E-state index < -0.39 is 5.76 Å². The van der Waals surface area contributed by atoms with Crippen molar-refractivity contribution in [1.82, 2.24) is 5.32 Å². The number of nitrogens with one attached hydrogen (secondary N) is 1. The van der Waals surface area contributed by atoms with Crippen LogP contribution in [-0.2, 0) is 17.0 Å². The van der Waals surface area contributed by atoms with E-state index in [1.165, 1.54) is 0 Å². The van der Waals surface area contributed by atoms with E-state index in [2.05, 4.69) is 12.2 Å². The van der Waals surface area contributed by atoms with Gasteiger partial charge in [-0.05, 0) is 18.6 Å². The van der Waals surface area contributed by atoms with Gasteiger partial charge >= 0.3 is 0 Å². The lowest BCUT2D eigenvalue weighted by molar-refractivity contribution is 0.132. The molecule has 0 saturated heterocycles. The highest BCUT2D eigenvalue weighted by molar-refractivity contribution is 7.98. The predicted molar refractivity (Wildman–Crippen MR) is 73.4 cm³/mol. The largest absolute Gasteiger partial charge is 0.464 e. The molecule has 0 radical (unpaired) electrons. The van der Waals surface area contributed by atoms with Crippen molar-refractivity contribution in [2.24, 2.45) is 0 Å². The zero-order valence-electron chi connectivity index (χ0n) is 11.2. The first-order chi connectivity index (χ1) is 9.22. The molecule has 0 fully saturated rings. The molecule has 3 nitrogen and oxygen atoms in total. The number of rotatable bonds is 11. The smallest absolute Gasteiger partial charge is 0.284 e. The molecule has 0 amide bonds. The molecule has 19 heavy (non-hydrogen) atoms. The molecule has 0 atom stereocenters. The van der Waals surface area contributed by atoms with Crippen molar-refractivity contribution < 1.29 is 17.9 Å². The zero-order valence-corrected chi connectivity index (χ0v) is 12.0. The summed E-state index contributed by atoms with van der Waals surface area (Å²) in [6.45, 7) is 4.95. The molecule has 1 rings (SSSR count). The number of alkyl halides is 2. The summed E-state index contributed by atoms with van der Waals surface area (Å²) in [5, 5.41) is 3.18. The molecule has 0 unspecified atom stereocenters. The van der Waals surface area contributed by atoms with Crippen LogP contribution in [0.25, 0.3) is 0 Å². The maximum atomic E-state index is 12.0. The summed E-state index contributed by atoms with van der Waals surface area (Å²) >= 11 is 0.570. The first kappa shape index (κ1) is 16.5. The summed E-state index contributed by atoms with van der Waals surface area (Å²) in [5.41, 5.74) is 0. The van der Waals surface area contributed by atoms with Crippen LogP contribution >= 0.6 is 11.8 Å². The Morgan fingerprint density at radius 2 is 2.11 bits per heavy atom. The van der Waals surface area contributed by atoms with Crippen molar-refractivity contribution in [3.05, 3.63) is 23.7 Å². The fraction of sp³-hybridized carbons (Fsp3) is 0.692. The van der Waals surface area contributed by atoms with E-state index in [4.69, 9.17) is 9.15 Å². The van der Waals surface area contributed by atoms with Crippen molar-refractivity contribution in [1.29, 1.82) is 0 Å². The second-order valence-corrected chi connectivity index (χ2v) is 5.06. The van der Waals surface area contributed by atoms with Crippen LogP contribution in [0.2, 0.25) is 0 Å². The number of halogens is 2. The van der Waals surface area contributed by atoms with Crippen LogP contribution in [0.3, 0.4) is 0 Å². The molecule has 110 valence electrons. The Hall–Kier alpha value is -0.590. The number of furan rings is 1. The van der Waals surface area contributed by atoms with E-state index in [-0.39, 0.29) is 5.75 Å². The first-order valence-corrected chi connectivity index (χ1v) is 7.53. The molecule has 0 saturated carbocycles. The first-order valence-electron chi connectivity index (χ1n) is 6.48. The monoisotopic (exact) mass is 293 g/mol. The van der Waals surface area contributed by atoms with Crippen LogP contribution in [0.5, 0.6) is 0 Å². The Kier molecular flexibility index (Phi) is 8.86. The van der Waals surface area contributed by atoms with Gasteiger partial charge in [-0.2, -0.15) is 8.78 Å². The molecule has 0 aliphatic carbocycles. The fourth-order valence-corrected chi connectivity index (χ4v) is 1.89. The van der Waals surface area contributed by atoms with Crippen molar-refractivity contribution >= 4 is 11.8 Å². The van der Waals surface area contributed by atoms with Crippen molar-refractivity contribution in [3.63, 3.8) is 0 Å². The quantitative estimate of drug-likeness (QED) is 0.632. The van der Waals surface area contributed by atoms with Gasteiger partial charge in [-0.3, -0.25) is 0 Å². The molecule has 1 N–H and O–H groups in total. The summed E-state index contributed by atoms with van der Waals surface area (Å²) in [6.07, 6.45) is 2.22. The lowest BCUT2D eigenvalue weighted by atomic mass is 10.4. The second kappa shape index (κ2) is 10.2. The van der Waals surface area contributed by atoms with Crippen LogP contribution in [0, 0.1) is 0 Å². The molecule has 1 heterocycles. The molecular formula is C13H21F2NO2S. The standard InChI is InChI=1S/C13H21F2NO2S/c1-2-3-7-17-8-6-16-9-11-4-5-12(18-11)10-19-13(14)15/h4-5,13,16H,2-3,6-10H2,1H3. The minimum Gasteiger partial charge on any atom is -0.464 e. The average Bonchev–Trinajstić information content (AvgIpc) is 2.83. The van der Waals surface area contributed by atoms with E-state index in [9.17, 15) is 8.78 Å². The van der Waals surface area contributed by atoms with E-state index >= 15 is 0 Å². The Balaban J connectivity index is 2.06. The lowest BCUT2D eigenvalue weighted by Crippen LogP contribution is -2.19. The van der Waals surface area contributed by atoms with Crippen LogP contribution in [0.15, 0.2) is 16.5 Å². The summed E-state index contributed by atoms with van der Waals surface area (Å²) in [4.78, 5) is 0. The van der Waals surface area contributed by atoms with Gasteiger partial charge in [0, 0.05) is 13.2 Å². The van der Waals surface area contributed by atoms with Crippen LogP contribution < -0.4 is 5.32 Å². The van der Waals surface area contributed by atoms with Crippen LogP contribution in [0.4, 0.5) is 8.78 Å². The minimum absolute atomic E-state index is 0.206. The van der Waals surface area contributed by atoms with Crippen LogP contribution in [-0.4, -0.2) is 25.5 Å². The second-order valence-electron chi connectivity index (χ2n) is 4.08. The van der Waals surface area contributed by atoms with Gasteiger partial charge in [0.25, 0.3) is 5.76 Å². The van der Waals surface area contributed by atoms with E-state index in [1.807, 2.05) is 6.07 Å². The van der Waals surface area contributed by atoms with E-state index in [1.54, 1.807) is 6.07 Å². The van der Waals surface area contributed by atoms with Crippen molar-refractivity contribution in [2.75, 3.05) is 19.8 Å². The third-order valence-electron chi connectivity index (χ3n) is 2.43. The number of hydrogen-bond donors (Lipinski definition) is 1.